The molecule has 1 heterocycles. The van der Waals surface area contributed by atoms with Gasteiger partial charge in [0.15, 0.2) is 5.13 Å². The molecule has 1 aromatic heterocycles. The van der Waals surface area contributed by atoms with Crippen LogP contribution in [0.1, 0.15) is 10.4 Å². The molecular formula is C15H10Cl2N2OS2. The second-order valence-corrected chi connectivity index (χ2v) is 7.18. The molecule has 0 aliphatic heterocycles. The lowest BCUT2D eigenvalue weighted by atomic mass is 10.2. The molecule has 2 aromatic carbocycles. The molecule has 7 heteroatoms. The normalized spacial score (nSPS) is 10.9. The average Bonchev–Trinajstić information content (AvgIpc) is 2.87. The van der Waals surface area contributed by atoms with Crippen LogP contribution < -0.4 is 5.32 Å². The van der Waals surface area contributed by atoms with Gasteiger partial charge in [-0.15, -0.1) is 11.8 Å². The van der Waals surface area contributed by atoms with Crippen molar-refractivity contribution in [2.24, 2.45) is 0 Å². The van der Waals surface area contributed by atoms with Crippen LogP contribution in [-0.4, -0.2) is 17.1 Å². The van der Waals surface area contributed by atoms with E-state index in [2.05, 4.69) is 16.4 Å². The number of amides is 1. The highest BCUT2D eigenvalue weighted by atomic mass is 35.5. The topological polar surface area (TPSA) is 42.0 Å². The maximum absolute atomic E-state index is 12.3. The standard InChI is InChI=1S/C15H10Cl2N2OS2/c1-21-9-3-5-12-13(7-9)22-15(18-12)19-14(20)10-4-2-8(16)6-11(10)17/h2-7H,1H3,(H,18,19,20). The second-order valence-electron chi connectivity index (χ2n) is 4.43. The number of hydrogen-bond donors (Lipinski definition) is 1. The number of nitrogens with zero attached hydrogens (tertiary/aromatic N) is 1. The maximum atomic E-state index is 12.3. The lowest BCUT2D eigenvalue weighted by molar-refractivity contribution is 0.102. The zero-order valence-corrected chi connectivity index (χ0v) is 14.5. The van der Waals surface area contributed by atoms with E-state index in [-0.39, 0.29) is 5.91 Å². The van der Waals surface area contributed by atoms with Crippen LogP contribution in [0, 0.1) is 0 Å². The molecule has 0 radical (unpaired) electrons. The summed E-state index contributed by atoms with van der Waals surface area (Å²) in [7, 11) is 0. The summed E-state index contributed by atoms with van der Waals surface area (Å²) >= 11 is 15.0. The predicted molar refractivity (Wildman–Crippen MR) is 95.8 cm³/mol. The monoisotopic (exact) mass is 368 g/mol. The van der Waals surface area contributed by atoms with Gasteiger partial charge in [0.05, 0.1) is 20.8 Å². The summed E-state index contributed by atoms with van der Waals surface area (Å²) in [5, 5.41) is 4.13. The summed E-state index contributed by atoms with van der Waals surface area (Å²) in [5.74, 6) is -0.300. The number of benzene rings is 2. The number of halogens is 2. The first kappa shape index (κ1) is 15.6. The minimum Gasteiger partial charge on any atom is -0.298 e. The number of hydrogen-bond acceptors (Lipinski definition) is 4. The lowest BCUT2D eigenvalue weighted by Gasteiger charge is -2.04. The molecule has 0 atom stereocenters. The van der Waals surface area contributed by atoms with Gasteiger partial charge >= 0.3 is 0 Å². The van der Waals surface area contributed by atoms with E-state index in [1.54, 1.807) is 30.0 Å². The van der Waals surface area contributed by atoms with Crippen molar-refractivity contribution in [1.29, 1.82) is 0 Å². The highest BCUT2D eigenvalue weighted by molar-refractivity contribution is 7.98. The van der Waals surface area contributed by atoms with E-state index in [1.807, 2.05) is 18.4 Å². The highest BCUT2D eigenvalue weighted by Crippen LogP contribution is 2.30. The van der Waals surface area contributed by atoms with E-state index in [1.165, 1.54) is 11.3 Å². The largest absolute Gasteiger partial charge is 0.298 e. The molecule has 0 aliphatic rings. The van der Waals surface area contributed by atoms with Crippen LogP contribution in [0.15, 0.2) is 41.3 Å². The number of rotatable bonds is 3. The fourth-order valence-corrected chi connectivity index (χ4v) is 3.83. The zero-order chi connectivity index (χ0) is 15.7. The number of carbonyl (C=O) groups excluding carboxylic acids is 1. The Morgan fingerprint density at radius 3 is 2.77 bits per heavy atom. The molecule has 1 amide bonds. The van der Waals surface area contributed by atoms with Crippen LogP contribution >= 0.6 is 46.3 Å². The van der Waals surface area contributed by atoms with Gasteiger partial charge < -0.3 is 0 Å². The number of thioether (sulfide) groups is 1. The van der Waals surface area contributed by atoms with E-state index < -0.39 is 0 Å². The number of carbonyl (C=O) groups is 1. The highest BCUT2D eigenvalue weighted by Gasteiger charge is 2.13. The van der Waals surface area contributed by atoms with Gasteiger partial charge in [-0.25, -0.2) is 4.98 Å². The Kier molecular flexibility index (Phi) is 4.59. The van der Waals surface area contributed by atoms with Crippen molar-refractivity contribution >= 4 is 67.6 Å². The molecule has 0 saturated heterocycles. The Hall–Kier alpha value is -1.27. The molecule has 0 aliphatic carbocycles. The van der Waals surface area contributed by atoms with Crippen LogP contribution in [0.25, 0.3) is 10.2 Å². The van der Waals surface area contributed by atoms with E-state index in [0.29, 0.717) is 20.7 Å². The van der Waals surface area contributed by atoms with Crippen LogP contribution in [-0.2, 0) is 0 Å². The van der Waals surface area contributed by atoms with Crippen molar-refractivity contribution in [3.8, 4) is 0 Å². The Bertz CT molecular complexity index is 864. The van der Waals surface area contributed by atoms with Crippen molar-refractivity contribution in [3.63, 3.8) is 0 Å². The van der Waals surface area contributed by atoms with E-state index >= 15 is 0 Å². The Morgan fingerprint density at radius 1 is 1.23 bits per heavy atom. The lowest BCUT2D eigenvalue weighted by Crippen LogP contribution is -2.12. The van der Waals surface area contributed by atoms with Crippen molar-refractivity contribution in [2.75, 3.05) is 11.6 Å². The number of anilines is 1. The molecule has 22 heavy (non-hydrogen) atoms. The first-order chi connectivity index (χ1) is 10.6. The quantitative estimate of drug-likeness (QED) is 0.613. The molecule has 0 bridgehead atoms. The van der Waals surface area contributed by atoms with Gasteiger partial charge in [-0.05, 0) is 42.7 Å². The molecule has 0 saturated carbocycles. The summed E-state index contributed by atoms with van der Waals surface area (Å²) < 4.78 is 1.03. The van der Waals surface area contributed by atoms with Gasteiger partial charge in [-0.2, -0.15) is 0 Å². The maximum Gasteiger partial charge on any atom is 0.258 e. The number of fused-ring (bicyclic) bond motifs is 1. The van der Waals surface area contributed by atoms with Gasteiger partial charge in [0.1, 0.15) is 0 Å². The van der Waals surface area contributed by atoms with Crippen molar-refractivity contribution in [1.82, 2.24) is 4.98 Å². The third-order valence-electron chi connectivity index (χ3n) is 2.99. The number of nitrogens with one attached hydrogen (secondary N) is 1. The third-order valence-corrected chi connectivity index (χ3v) is 5.20. The molecule has 112 valence electrons. The van der Waals surface area contributed by atoms with E-state index in [9.17, 15) is 4.79 Å². The minimum absolute atomic E-state index is 0.300. The summed E-state index contributed by atoms with van der Waals surface area (Å²) in [5.41, 5.74) is 1.23. The van der Waals surface area contributed by atoms with Crippen molar-refractivity contribution < 1.29 is 4.79 Å². The van der Waals surface area contributed by atoms with Crippen molar-refractivity contribution in [3.05, 3.63) is 52.0 Å². The Morgan fingerprint density at radius 2 is 2.05 bits per heavy atom. The first-order valence-corrected chi connectivity index (χ1v) is 9.07. The van der Waals surface area contributed by atoms with Crippen LogP contribution in [0.4, 0.5) is 5.13 Å². The van der Waals surface area contributed by atoms with E-state index in [4.69, 9.17) is 23.2 Å². The third kappa shape index (κ3) is 3.22. The molecule has 1 N–H and O–H groups in total. The summed E-state index contributed by atoms with van der Waals surface area (Å²) in [6.45, 7) is 0. The van der Waals surface area contributed by atoms with Gasteiger partial charge in [0, 0.05) is 9.92 Å². The number of aromatic nitrogens is 1. The molecule has 3 rings (SSSR count). The fraction of sp³-hybridized carbons (Fsp3) is 0.0667. The second kappa shape index (κ2) is 6.46. The molecular weight excluding hydrogens is 359 g/mol. The summed E-state index contributed by atoms with van der Waals surface area (Å²) in [6.07, 6.45) is 2.02. The van der Waals surface area contributed by atoms with Gasteiger partial charge in [-0.1, -0.05) is 34.5 Å². The molecule has 0 spiro atoms. The van der Waals surface area contributed by atoms with Gasteiger partial charge in [0.2, 0.25) is 0 Å². The molecule has 0 fully saturated rings. The molecule has 3 aromatic rings. The Balaban J connectivity index is 1.87. The fourth-order valence-electron chi connectivity index (χ4n) is 1.92. The van der Waals surface area contributed by atoms with Crippen molar-refractivity contribution in [2.45, 2.75) is 4.90 Å². The van der Waals surface area contributed by atoms with Crippen LogP contribution in [0.3, 0.4) is 0 Å². The number of thiazole rings is 1. The summed E-state index contributed by atoms with van der Waals surface area (Å²) in [4.78, 5) is 17.8. The molecule has 3 nitrogen and oxygen atoms in total. The average molecular weight is 369 g/mol. The van der Waals surface area contributed by atoms with Crippen LogP contribution in [0.5, 0.6) is 0 Å². The Labute approximate surface area is 145 Å². The molecule has 0 unspecified atom stereocenters. The van der Waals surface area contributed by atoms with E-state index in [0.717, 1.165) is 15.1 Å². The zero-order valence-electron chi connectivity index (χ0n) is 11.4. The SMILES string of the molecule is CSc1ccc2nc(NC(=O)c3ccc(Cl)cc3Cl)sc2c1. The smallest absolute Gasteiger partial charge is 0.258 e. The van der Waals surface area contributed by atoms with Gasteiger partial charge in [-0.3, -0.25) is 10.1 Å². The van der Waals surface area contributed by atoms with Gasteiger partial charge in [0.25, 0.3) is 5.91 Å². The van der Waals surface area contributed by atoms with Crippen LogP contribution in [0.2, 0.25) is 10.0 Å². The first-order valence-electron chi connectivity index (χ1n) is 6.28. The summed E-state index contributed by atoms with van der Waals surface area (Å²) in [6, 6.07) is 10.8. The predicted octanol–water partition coefficient (Wildman–Crippen LogP) is 5.58. The minimum atomic E-state index is -0.300.